The van der Waals surface area contributed by atoms with Crippen LogP contribution in [-0.2, 0) is 4.74 Å². The SMILES string of the molecule is CCCN(CCBr)CC1CCC(C)O1. The number of rotatable bonds is 6. The predicted molar refractivity (Wildman–Crippen MR) is 64.1 cm³/mol. The Balaban J connectivity index is 2.24. The fourth-order valence-electron chi connectivity index (χ4n) is 2.04. The summed E-state index contributed by atoms with van der Waals surface area (Å²) in [6, 6.07) is 0. The smallest absolute Gasteiger partial charge is 0.0706 e. The van der Waals surface area contributed by atoms with Crippen molar-refractivity contribution in [3.8, 4) is 0 Å². The first-order valence-electron chi connectivity index (χ1n) is 5.70. The normalized spacial score (nSPS) is 27.4. The maximum Gasteiger partial charge on any atom is 0.0706 e. The molecule has 0 aliphatic carbocycles. The van der Waals surface area contributed by atoms with E-state index in [4.69, 9.17) is 4.74 Å². The van der Waals surface area contributed by atoms with Gasteiger partial charge in [0, 0.05) is 18.4 Å². The van der Waals surface area contributed by atoms with Gasteiger partial charge in [0.1, 0.15) is 0 Å². The summed E-state index contributed by atoms with van der Waals surface area (Å²) < 4.78 is 5.83. The van der Waals surface area contributed by atoms with Gasteiger partial charge >= 0.3 is 0 Å². The molecule has 0 bridgehead atoms. The minimum atomic E-state index is 0.479. The summed E-state index contributed by atoms with van der Waals surface area (Å²) in [7, 11) is 0. The maximum absolute atomic E-state index is 5.83. The van der Waals surface area contributed by atoms with Crippen LogP contribution in [0.2, 0.25) is 0 Å². The molecule has 0 spiro atoms. The Morgan fingerprint density at radius 1 is 1.36 bits per heavy atom. The van der Waals surface area contributed by atoms with Crippen LogP contribution in [-0.4, -0.2) is 42.1 Å². The molecule has 2 nitrogen and oxygen atoms in total. The van der Waals surface area contributed by atoms with Crippen molar-refractivity contribution in [1.82, 2.24) is 4.90 Å². The maximum atomic E-state index is 5.83. The first-order chi connectivity index (χ1) is 6.76. The van der Waals surface area contributed by atoms with E-state index >= 15 is 0 Å². The Kier molecular flexibility index (Phi) is 6.06. The Hall–Kier alpha value is 0.400. The van der Waals surface area contributed by atoms with Crippen LogP contribution in [0.5, 0.6) is 0 Å². The van der Waals surface area contributed by atoms with E-state index < -0.39 is 0 Å². The van der Waals surface area contributed by atoms with Gasteiger partial charge in [0.05, 0.1) is 12.2 Å². The van der Waals surface area contributed by atoms with Crippen molar-refractivity contribution >= 4 is 15.9 Å². The van der Waals surface area contributed by atoms with Crippen molar-refractivity contribution in [3.63, 3.8) is 0 Å². The molecule has 0 aromatic heterocycles. The molecule has 0 aromatic rings. The number of halogens is 1. The monoisotopic (exact) mass is 263 g/mol. The van der Waals surface area contributed by atoms with Crippen molar-refractivity contribution in [2.75, 3.05) is 25.0 Å². The molecule has 0 N–H and O–H groups in total. The van der Waals surface area contributed by atoms with Gasteiger partial charge in [-0.05, 0) is 32.7 Å². The van der Waals surface area contributed by atoms with Crippen LogP contribution in [0, 0.1) is 0 Å². The lowest BCUT2D eigenvalue weighted by atomic mass is 10.2. The zero-order valence-corrected chi connectivity index (χ0v) is 10.9. The zero-order valence-electron chi connectivity index (χ0n) is 9.34. The summed E-state index contributed by atoms with van der Waals surface area (Å²) in [6.45, 7) is 7.86. The first kappa shape index (κ1) is 12.5. The molecule has 0 amide bonds. The van der Waals surface area contributed by atoms with Crippen LogP contribution in [0.1, 0.15) is 33.1 Å². The molecule has 2 atom stereocenters. The van der Waals surface area contributed by atoms with E-state index in [1.54, 1.807) is 0 Å². The summed E-state index contributed by atoms with van der Waals surface area (Å²) in [5.41, 5.74) is 0. The number of hydrogen-bond acceptors (Lipinski definition) is 2. The highest BCUT2D eigenvalue weighted by molar-refractivity contribution is 9.09. The molecule has 2 unspecified atom stereocenters. The highest BCUT2D eigenvalue weighted by Crippen LogP contribution is 2.19. The fraction of sp³-hybridized carbons (Fsp3) is 1.00. The summed E-state index contributed by atoms with van der Waals surface area (Å²) in [4.78, 5) is 2.50. The van der Waals surface area contributed by atoms with E-state index in [0.29, 0.717) is 12.2 Å². The van der Waals surface area contributed by atoms with Gasteiger partial charge in [-0.1, -0.05) is 22.9 Å². The van der Waals surface area contributed by atoms with Crippen molar-refractivity contribution < 1.29 is 4.74 Å². The second-order valence-corrected chi connectivity index (χ2v) is 4.93. The van der Waals surface area contributed by atoms with Gasteiger partial charge in [-0.3, -0.25) is 4.90 Å². The van der Waals surface area contributed by atoms with Crippen molar-refractivity contribution in [1.29, 1.82) is 0 Å². The highest BCUT2D eigenvalue weighted by Gasteiger charge is 2.23. The van der Waals surface area contributed by atoms with E-state index in [-0.39, 0.29) is 0 Å². The van der Waals surface area contributed by atoms with Crippen LogP contribution in [0.15, 0.2) is 0 Å². The van der Waals surface area contributed by atoms with E-state index in [0.717, 1.165) is 18.4 Å². The quantitative estimate of drug-likeness (QED) is 0.684. The van der Waals surface area contributed by atoms with Gasteiger partial charge in [-0.2, -0.15) is 0 Å². The minimum absolute atomic E-state index is 0.479. The molecule has 1 fully saturated rings. The van der Waals surface area contributed by atoms with Gasteiger partial charge in [0.15, 0.2) is 0 Å². The van der Waals surface area contributed by atoms with Crippen LogP contribution >= 0.6 is 15.9 Å². The van der Waals surface area contributed by atoms with Crippen LogP contribution in [0.3, 0.4) is 0 Å². The van der Waals surface area contributed by atoms with E-state index in [2.05, 4.69) is 34.7 Å². The molecule has 1 rings (SSSR count). The molecule has 84 valence electrons. The van der Waals surface area contributed by atoms with Gasteiger partial charge in [0.2, 0.25) is 0 Å². The molecule has 14 heavy (non-hydrogen) atoms. The number of alkyl halides is 1. The van der Waals surface area contributed by atoms with Crippen molar-refractivity contribution in [2.24, 2.45) is 0 Å². The lowest BCUT2D eigenvalue weighted by Gasteiger charge is -2.24. The second-order valence-electron chi connectivity index (χ2n) is 4.14. The molecular formula is C11H22BrNO. The third-order valence-corrected chi connectivity index (χ3v) is 3.08. The first-order valence-corrected chi connectivity index (χ1v) is 6.82. The topological polar surface area (TPSA) is 12.5 Å². The van der Waals surface area contributed by atoms with Crippen molar-refractivity contribution in [2.45, 2.75) is 45.3 Å². The lowest BCUT2D eigenvalue weighted by Crippen LogP contribution is -2.34. The van der Waals surface area contributed by atoms with Gasteiger partial charge in [0.25, 0.3) is 0 Å². The number of nitrogens with zero attached hydrogens (tertiary/aromatic N) is 1. The lowest BCUT2D eigenvalue weighted by molar-refractivity contribution is 0.0328. The van der Waals surface area contributed by atoms with Gasteiger partial charge < -0.3 is 4.74 Å². The van der Waals surface area contributed by atoms with Crippen molar-refractivity contribution in [3.05, 3.63) is 0 Å². The minimum Gasteiger partial charge on any atom is -0.374 e. The summed E-state index contributed by atoms with van der Waals surface area (Å²) >= 11 is 3.50. The Morgan fingerprint density at radius 3 is 2.64 bits per heavy atom. The largest absolute Gasteiger partial charge is 0.374 e. The standard InChI is InChI=1S/C11H22BrNO/c1-3-7-13(8-6-12)9-11-5-4-10(2)14-11/h10-11H,3-9H2,1-2H3. The molecule has 1 heterocycles. The summed E-state index contributed by atoms with van der Waals surface area (Å²) in [5.74, 6) is 0. The zero-order chi connectivity index (χ0) is 10.4. The summed E-state index contributed by atoms with van der Waals surface area (Å²) in [6.07, 6.45) is 4.67. The average Bonchev–Trinajstić information content (AvgIpc) is 2.52. The highest BCUT2D eigenvalue weighted by atomic mass is 79.9. The summed E-state index contributed by atoms with van der Waals surface area (Å²) in [5, 5.41) is 1.06. The van der Waals surface area contributed by atoms with E-state index in [1.807, 2.05) is 0 Å². The number of ether oxygens (including phenoxy) is 1. The third kappa shape index (κ3) is 4.28. The Labute approximate surface area is 96.1 Å². The van der Waals surface area contributed by atoms with Crippen LogP contribution in [0.25, 0.3) is 0 Å². The molecule has 3 heteroatoms. The molecule has 1 aliphatic rings. The Bertz CT molecular complexity index is 148. The molecule has 0 radical (unpaired) electrons. The van der Waals surface area contributed by atoms with E-state index in [1.165, 1.54) is 25.8 Å². The Morgan fingerprint density at radius 2 is 2.14 bits per heavy atom. The predicted octanol–water partition coefficient (Wildman–Crippen LogP) is 2.66. The molecule has 0 saturated carbocycles. The second kappa shape index (κ2) is 6.81. The average molecular weight is 264 g/mol. The van der Waals surface area contributed by atoms with Gasteiger partial charge in [-0.25, -0.2) is 0 Å². The molecule has 1 saturated heterocycles. The molecule has 1 aliphatic heterocycles. The third-order valence-electron chi connectivity index (χ3n) is 2.72. The van der Waals surface area contributed by atoms with Crippen LogP contribution < -0.4 is 0 Å². The fourth-order valence-corrected chi connectivity index (χ4v) is 2.54. The molecular weight excluding hydrogens is 242 g/mol. The molecule has 0 aromatic carbocycles. The van der Waals surface area contributed by atoms with Crippen LogP contribution in [0.4, 0.5) is 0 Å². The van der Waals surface area contributed by atoms with Gasteiger partial charge in [-0.15, -0.1) is 0 Å². The van der Waals surface area contributed by atoms with E-state index in [9.17, 15) is 0 Å². The number of hydrogen-bond donors (Lipinski definition) is 0.